The predicted molar refractivity (Wildman–Crippen MR) is 56.8 cm³/mol. The fraction of sp³-hybridized carbons (Fsp3) is 0.700. The first-order chi connectivity index (χ1) is 7.06. The number of carbonyl (C=O) groups is 1. The van der Waals surface area contributed by atoms with E-state index >= 15 is 0 Å². The molecule has 0 aliphatic heterocycles. The largest absolute Gasteiger partial charge is 0.478 e. The van der Waals surface area contributed by atoms with Crippen molar-refractivity contribution in [3.63, 3.8) is 0 Å². The number of carboxylic acid groups (broad SMARTS) is 1. The van der Waals surface area contributed by atoms with Gasteiger partial charge < -0.3 is 20.3 Å². The van der Waals surface area contributed by atoms with Crippen molar-refractivity contribution in [2.75, 3.05) is 26.8 Å². The van der Waals surface area contributed by atoms with Gasteiger partial charge in [0.15, 0.2) is 0 Å². The number of aliphatic carboxylic acids is 1. The van der Waals surface area contributed by atoms with E-state index in [4.69, 9.17) is 9.84 Å². The molecule has 0 amide bonds. The number of nitrogens with one attached hydrogen (secondary N) is 1. The summed E-state index contributed by atoms with van der Waals surface area (Å²) in [5.41, 5.74) is 0.753. The molecule has 0 bridgehead atoms. The van der Waals surface area contributed by atoms with Crippen LogP contribution in [-0.4, -0.2) is 49.1 Å². The lowest BCUT2D eigenvalue weighted by Crippen LogP contribution is -2.24. The first kappa shape index (κ1) is 14.1. The molecule has 0 aliphatic carbocycles. The number of hydrogen-bond acceptors (Lipinski definition) is 4. The van der Waals surface area contributed by atoms with Crippen molar-refractivity contribution in [1.82, 2.24) is 5.32 Å². The van der Waals surface area contributed by atoms with Crippen LogP contribution in [0.15, 0.2) is 11.6 Å². The highest BCUT2D eigenvalue weighted by molar-refractivity contribution is 5.80. The molecule has 0 spiro atoms. The molecule has 0 aromatic rings. The fourth-order valence-corrected chi connectivity index (χ4v) is 1.09. The summed E-state index contributed by atoms with van der Waals surface area (Å²) in [6.07, 6.45) is 1.29. The number of hydrogen-bond donors (Lipinski definition) is 3. The molecule has 0 aliphatic rings. The highest BCUT2D eigenvalue weighted by atomic mass is 16.5. The molecule has 5 heteroatoms. The third kappa shape index (κ3) is 9.40. The van der Waals surface area contributed by atoms with Gasteiger partial charge in [-0.3, -0.25) is 0 Å². The minimum atomic E-state index is -0.936. The van der Waals surface area contributed by atoms with Crippen LogP contribution in [0.4, 0.5) is 0 Å². The summed E-state index contributed by atoms with van der Waals surface area (Å²) < 4.78 is 4.77. The Labute approximate surface area is 89.7 Å². The number of aliphatic hydroxyl groups excluding tert-OH is 1. The Kier molecular flexibility index (Phi) is 7.89. The zero-order valence-electron chi connectivity index (χ0n) is 9.19. The Bertz CT molecular complexity index is 215. The Morgan fingerprint density at radius 3 is 2.80 bits per heavy atom. The van der Waals surface area contributed by atoms with Gasteiger partial charge in [0.1, 0.15) is 0 Å². The molecule has 1 atom stereocenters. The van der Waals surface area contributed by atoms with Crippen LogP contribution in [0.3, 0.4) is 0 Å². The quantitative estimate of drug-likeness (QED) is 0.394. The molecule has 0 radical (unpaired) electrons. The summed E-state index contributed by atoms with van der Waals surface area (Å²) in [5, 5.41) is 20.8. The van der Waals surface area contributed by atoms with Crippen molar-refractivity contribution in [3.8, 4) is 0 Å². The maximum Gasteiger partial charge on any atom is 0.328 e. The number of rotatable bonds is 8. The third-order valence-electron chi connectivity index (χ3n) is 1.79. The summed E-state index contributed by atoms with van der Waals surface area (Å²) >= 11 is 0. The van der Waals surface area contributed by atoms with Crippen molar-refractivity contribution in [2.45, 2.75) is 19.4 Å². The second-order valence-electron chi connectivity index (χ2n) is 3.40. The second-order valence-corrected chi connectivity index (χ2v) is 3.40. The molecule has 3 N–H and O–H groups in total. The average molecular weight is 217 g/mol. The molecule has 1 unspecified atom stereocenters. The van der Waals surface area contributed by atoms with Crippen molar-refractivity contribution in [3.05, 3.63) is 11.6 Å². The van der Waals surface area contributed by atoms with E-state index < -0.39 is 12.1 Å². The summed E-state index contributed by atoms with van der Waals surface area (Å²) in [5.74, 6) is -0.936. The average Bonchev–Trinajstić information content (AvgIpc) is 2.12. The van der Waals surface area contributed by atoms with E-state index in [2.05, 4.69) is 5.32 Å². The van der Waals surface area contributed by atoms with E-state index in [1.54, 1.807) is 6.92 Å². The summed E-state index contributed by atoms with van der Waals surface area (Å²) in [6.45, 7) is 3.22. The number of aliphatic hydroxyl groups is 1. The molecule has 0 fully saturated rings. The second kappa shape index (κ2) is 8.40. The molecule has 5 nitrogen and oxygen atoms in total. The topological polar surface area (TPSA) is 78.8 Å². The van der Waals surface area contributed by atoms with Crippen molar-refractivity contribution in [2.24, 2.45) is 0 Å². The highest BCUT2D eigenvalue weighted by Gasteiger charge is 2.02. The van der Waals surface area contributed by atoms with Gasteiger partial charge >= 0.3 is 5.97 Å². The fourth-order valence-electron chi connectivity index (χ4n) is 1.09. The Morgan fingerprint density at radius 1 is 1.60 bits per heavy atom. The van der Waals surface area contributed by atoms with Gasteiger partial charge in [0.25, 0.3) is 0 Å². The van der Waals surface area contributed by atoms with Crippen LogP contribution in [-0.2, 0) is 9.53 Å². The monoisotopic (exact) mass is 217 g/mol. The molecule has 15 heavy (non-hydrogen) atoms. The van der Waals surface area contributed by atoms with E-state index in [-0.39, 0.29) is 0 Å². The van der Waals surface area contributed by atoms with Gasteiger partial charge in [0.05, 0.1) is 12.7 Å². The van der Waals surface area contributed by atoms with Crippen LogP contribution in [0.5, 0.6) is 0 Å². The van der Waals surface area contributed by atoms with Crippen molar-refractivity contribution < 1.29 is 19.7 Å². The minimum Gasteiger partial charge on any atom is -0.478 e. The number of methoxy groups -OCH3 is 1. The number of carboxylic acids is 1. The molecule has 0 heterocycles. The van der Waals surface area contributed by atoms with Crippen molar-refractivity contribution >= 4 is 5.97 Å². The summed E-state index contributed by atoms with van der Waals surface area (Å²) in [6, 6.07) is 0. The van der Waals surface area contributed by atoms with Gasteiger partial charge in [-0.2, -0.15) is 0 Å². The van der Waals surface area contributed by atoms with Crippen LogP contribution in [0, 0.1) is 0 Å². The van der Waals surface area contributed by atoms with E-state index in [9.17, 15) is 9.90 Å². The first-order valence-electron chi connectivity index (χ1n) is 4.84. The van der Waals surface area contributed by atoms with E-state index in [1.807, 2.05) is 0 Å². The molecule has 0 saturated heterocycles. The first-order valence-corrected chi connectivity index (χ1v) is 4.84. The maximum absolute atomic E-state index is 10.3. The zero-order valence-corrected chi connectivity index (χ0v) is 9.19. The molecule has 0 rings (SSSR count). The lowest BCUT2D eigenvalue weighted by molar-refractivity contribution is -0.131. The predicted octanol–water partition coefficient (Wildman–Crippen LogP) is 0.00430. The SMILES string of the molecule is COCC(O)CCNCC(C)=CC(=O)O. The van der Waals surface area contributed by atoms with Gasteiger partial charge in [-0.25, -0.2) is 4.79 Å². The van der Waals surface area contributed by atoms with Crippen molar-refractivity contribution in [1.29, 1.82) is 0 Å². The lowest BCUT2D eigenvalue weighted by Gasteiger charge is -2.09. The molecule has 0 aromatic carbocycles. The lowest BCUT2D eigenvalue weighted by atomic mass is 10.2. The summed E-state index contributed by atoms with van der Waals surface area (Å²) in [4.78, 5) is 10.3. The van der Waals surface area contributed by atoms with Gasteiger partial charge in [-0.1, -0.05) is 5.57 Å². The molecule has 88 valence electrons. The molecular formula is C10H19NO4. The van der Waals surface area contributed by atoms with Gasteiger partial charge in [0, 0.05) is 19.7 Å². The van der Waals surface area contributed by atoms with Gasteiger partial charge in [-0.15, -0.1) is 0 Å². The standard InChI is InChI=1S/C10H19NO4/c1-8(5-10(13)14)6-11-4-3-9(12)7-15-2/h5,9,11-12H,3-4,6-7H2,1-2H3,(H,13,14). The summed E-state index contributed by atoms with van der Waals surface area (Å²) in [7, 11) is 1.54. The molecule has 0 aromatic heterocycles. The number of ether oxygens (including phenoxy) is 1. The van der Waals surface area contributed by atoms with E-state index in [0.29, 0.717) is 26.1 Å². The van der Waals surface area contributed by atoms with Crippen LogP contribution in [0.1, 0.15) is 13.3 Å². The van der Waals surface area contributed by atoms with Crippen LogP contribution in [0.25, 0.3) is 0 Å². The van der Waals surface area contributed by atoms with E-state index in [1.165, 1.54) is 13.2 Å². The molecular weight excluding hydrogens is 198 g/mol. The molecule has 0 saturated carbocycles. The third-order valence-corrected chi connectivity index (χ3v) is 1.79. The zero-order chi connectivity index (χ0) is 11.7. The Hall–Kier alpha value is -0.910. The van der Waals surface area contributed by atoms with Gasteiger partial charge in [0.2, 0.25) is 0 Å². The van der Waals surface area contributed by atoms with Gasteiger partial charge in [-0.05, 0) is 19.9 Å². The Balaban J connectivity index is 3.50. The maximum atomic E-state index is 10.3. The van der Waals surface area contributed by atoms with Crippen LogP contribution < -0.4 is 5.32 Å². The van der Waals surface area contributed by atoms with Crippen LogP contribution in [0.2, 0.25) is 0 Å². The smallest absolute Gasteiger partial charge is 0.328 e. The normalized spacial score (nSPS) is 13.9. The minimum absolute atomic E-state index is 0.325. The Morgan fingerprint density at radius 2 is 2.27 bits per heavy atom. The van der Waals surface area contributed by atoms with E-state index in [0.717, 1.165) is 5.57 Å². The highest BCUT2D eigenvalue weighted by Crippen LogP contribution is 1.92. The van der Waals surface area contributed by atoms with Crippen LogP contribution >= 0.6 is 0 Å².